The lowest BCUT2D eigenvalue weighted by Crippen LogP contribution is -2.53. The highest BCUT2D eigenvalue weighted by Gasteiger charge is 2.29. The number of aromatic nitrogens is 2. The third-order valence-electron chi connectivity index (χ3n) is 4.09. The van der Waals surface area contributed by atoms with Gasteiger partial charge in [-0.05, 0) is 12.5 Å². The van der Waals surface area contributed by atoms with Crippen molar-refractivity contribution in [3.63, 3.8) is 0 Å². The standard InChI is InChI=1S/C14H17N5O5/c1-17-12-3-2-9(19(23)24)5-11(12)16-13(17)18-6-8(15-14(21)22)4-10(20)7-18/h2-3,5,8,10,15,20H,4,6-7H2,1H3,(H,21,22)/t8-,10-/m1/s1. The number of carbonyl (C=O) groups is 1. The molecule has 1 fully saturated rings. The quantitative estimate of drug-likeness (QED) is 0.555. The number of non-ortho nitro benzene ring substituents is 1. The van der Waals surface area contributed by atoms with E-state index in [0.717, 1.165) is 5.52 Å². The second-order valence-corrected chi connectivity index (χ2v) is 5.84. The topological polar surface area (TPSA) is 134 Å². The van der Waals surface area contributed by atoms with Crippen LogP contribution in [0.1, 0.15) is 6.42 Å². The molecule has 2 aromatic rings. The number of imidazole rings is 1. The van der Waals surface area contributed by atoms with E-state index in [9.17, 15) is 20.0 Å². The van der Waals surface area contributed by atoms with E-state index in [0.29, 0.717) is 31.0 Å². The Balaban J connectivity index is 1.94. The summed E-state index contributed by atoms with van der Waals surface area (Å²) < 4.78 is 1.77. The van der Waals surface area contributed by atoms with Crippen LogP contribution in [-0.4, -0.2) is 56.0 Å². The minimum Gasteiger partial charge on any atom is -0.465 e. The third-order valence-corrected chi connectivity index (χ3v) is 4.09. The van der Waals surface area contributed by atoms with E-state index >= 15 is 0 Å². The van der Waals surface area contributed by atoms with Crippen molar-refractivity contribution < 1.29 is 19.9 Å². The van der Waals surface area contributed by atoms with Gasteiger partial charge in [-0.2, -0.15) is 0 Å². The summed E-state index contributed by atoms with van der Waals surface area (Å²) in [6, 6.07) is 4.01. The maximum Gasteiger partial charge on any atom is 0.404 e. The second kappa shape index (κ2) is 5.96. The first-order valence-electron chi connectivity index (χ1n) is 7.38. The smallest absolute Gasteiger partial charge is 0.404 e. The molecular weight excluding hydrogens is 318 g/mol. The van der Waals surface area contributed by atoms with Crippen molar-refractivity contribution >= 4 is 28.8 Å². The van der Waals surface area contributed by atoms with Gasteiger partial charge in [0.15, 0.2) is 0 Å². The highest BCUT2D eigenvalue weighted by Crippen LogP contribution is 2.26. The number of β-amino-alcohol motifs (C(OH)–C–C–N with tert-alkyl or cyclic N) is 1. The molecule has 0 bridgehead atoms. The molecule has 0 saturated carbocycles. The van der Waals surface area contributed by atoms with E-state index in [2.05, 4.69) is 10.3 Å². The first-order valence-corrected chi connectivity index (χ1v) is 7.38. The molecule has 1 amide bonds. The normalized spacial score (nSPS) is 21.0. The van der Waals surface area contributed by atoms with Crippen LogP contribution in [0.15, 0.2) is 18.2 Å². The number of aryl methyl sites for hydroxylation is 1. The molecule has 1 saturated heterocycles. The Labute approximate surface area is 136 Å². The summed E-state index contributed by atoms with van der Waals surface area (Å²) in [5, 5.41) is 32.1. The zero-order valence-corrected chi connectivity index (χ0v) is 12.9. The van der Waals surface area contributed by atoms with Crippen LogP contribution in [0.25, 0.3) is 11.0 Å². The number of nitrogens with one attached hydrogen (secondary N) is 1. The average Bonchev–Trinajstić information content (AvgIpc) is 2.82. The minimum absolute atomic E-state index is 0.0451. The number of aliphatic hydroxyl groups excluding tert-OH is 1. The molecule has 0 aliphatic carbocycles. The van der Waals surface area contributed by atoms with Gasteiger partial charge in [0.1, 0.15) is 0 Å². The SMILES string of the molecule is Cn1c(N2C[C@H](O)C[C@@H](NC(=O)O)C2)nc2cc([N+](=O)[O-])ccc21. The van der Waals surface area contributed by atoms with Crippen molar-refractivity contribution in [3.8, 4) is 0 Å². The van der Waals surface area contributed by atoms with Crippen molar-refractivity contribution in [2.24, 2.45) is 7.05 Å². The van der Waals surface area contributed by atoms with Gasteiger partial charge in [0.2, 0.25) is 5.95 Å². The van der Waals surface area contributed by atoms with Crippen LogP contribution in [0.3, 0.4) is 0 Å². The lowest BCUT2D eigenvalue weighted by atomic mass is 10.0. The van der Waals surface area contributed by atoms with E-state index in [1.165, 1.54) is 12.1 Å². The fourth-order valence-electron chi connectivity index (χ4n) is 3.09. The molecule has 2 heterocycles. The molecule has 3 rings (SSSR count). The molecule has 10 heteroatoms. The molecule has 1 aromatic heterocycles. The molecule has 2 atom stereocenters. The van der Waals surface area contributed by atoms with Crippen molar-refractivity contribution in [1.82, 2.24) is 14.9 Å². The lowest BCUT2D eigenvalue weighted by molar-refractivity contribution is -0.384. The summed E-state index contributed by atoms with van der Waals surface area (Å²) >= 11 is 0. The molecule has 128 valence electrons. The van der Waals surface area contributed by atoms with E-state index in [1.807, 2.05) is 0 Å². The summed E-state index contributed by atoms with van der Waals surface area (Å²) in [7, 11) is 1.77. The maximum absolute atomic E-state index is 10.9. The number of benzene rings is 1. The van der Waals surface area contributed by atoms with E-state index in [4.69, 9.17) is 5.11 Å². The number of carboxylic acid groups (broad SMARTS) is 1. The summed E-state index contributed by atoms with van der Waals surface area (Å²) in [5.74, 6) is 0.529. The van der Waals surface area contributed by atoms with Gasteiger partial charge in [0, 0.05) is 32.3 Å². The van der Waals surface area contributed by atoms with Crippen molar-refractivity contribution in [3.05, 3.63) is 28.3 Å². The summed E-state index contributed by atoms with van der Waals surface area (Å²) in [5.41, 5.74) is 1.15. The number of rotatable bonds is 3. The first-order chi connectivity index (χ1) is 11.3. The number of nitro groups is 1. The van der Waals surface area contributed by atoms with Crippen LogP contribution in [-0.2, 0) is 7.05 Å². The predicted octanol–water partition coefficient (Wildman–Crippen LogP) is 0.689. The Morgan fingerprint density at radius 3 is 2.88 bits per heavy atom. The van der Waals surface area contributed by atoms with Gasteiger partial charge < -0.3 is 25.0 Å². The van der Waals surface area contributed by atoms with Crippen molar-refractivity contribution in [1.29, 1.82) is 0 Å². The Hall–Kier alpha value is -2.88. The molecule has 0 unspecified atom stereocenters. The van der Waals surface area contributed by atoms with Gasteiger partial charge in [0.25, 0.3) is 5.69 Å². The monoisotopic (exact) mass is 335 g/mol. The maximum atomic E-state index is 10.9. The fraction of sp³-hybridized carbons (Fsp3) is 0.429. The number of aliphatic hydroxyl groups is 1. The van der Waals surface area contributed by atoms with Crippen LogP contribution in [0.2, 0.25) is 0 Å². The van der Waals surface area contributed by atoms with Crippen LogP contribution in [0.5, 0.6) is 0 Å². The number of amides is 1. The number of nitrogens with zero attached hydrogens (tertiary/aromatic N) is 4. The number of nitro benzene ring substituents is 1. The average molecular weight is 335 g/mol. The number of anilines is 1. The molecule has 0 spiro atoms. The van der Waals surface area contributed by atoms with Crippen LogP contribution < -0.4 is 10.2 Å². The lowest BCUT2D eigenvalue weighted by Gasteiger charge is -2.36. The van der Waals surface area contributed by atoms with E-state index in [-0.39, 0.29) is 5.69 Å². The molecule has 1 aromatic carbocycles. The van der Waals surface area contributed by atoms with Gasteiger partial charge >= 0.3 is 6.09 Å². The third kappa shape index (κ3) is 2.95. The zero-order valence-electron chi connectivity index (χ0n) is 12.9. The molecule has 24 heavy (non-hydrogen) atoms. The van der Waals surface area contributed by atoms with E-state index < -0.39 is 23.2 Å². The van der Waals surface area contributed by atoms with E-state index in [1.54, 1.807) is 22.6 Å². The van der Waals surface area contributed by atoms with Crippen molar-refractivity contribution in [2.75, 3.05) is 18.0 Å². The number of hydrogen-bond acceptors (Lipinski definition) is 6. The highest BCUT2D eigenvalue weighted by atomic mass is 16.6. The van der Waals surface area contributed by atoms with Gasteiger partial charge in [0.05, 0.1) is 28.1 Å². The van der Waals surface area contributed by atoms with Crippen LogP contribution in [0, 0.1) is 10.1 Å². The molecule has 10 nitrogen and oxygen atoms in total. The van der Waals surface area contributed by atoms with Crippen LogP contribution >= 0.6 is 0 Å². The van der Waals surface area contributed by atoms with Gasteiger partial charge in [-0.25, -0.2) is 9.78 Å². The Bertz CT molecular complexity index is 804. The molecule has 1 aliphatic rings. The Kier molecular flexibility index (Phi) is 3.97. The van der Waals surface area contributed by atoms with Gasteiger partial charge in [-0.15, -0.1) is 0 Å². The number of piperidine rings is 1. The Morgan fingerprint density at radius 1 is 1.46 bits per heavy atom. The predicted molar refractivity (Wildman–Crippen MR) is 85.2 cm³/mol. The number of hydrogen-bond donors (Lipinski definition) is 3. The first kappa shape index (κ1) is 16.0. The molecule has 1 aliphatic heterocycles. The van der Waals surface area contributed by atoms with Crippen LogP contribution in [0.4, 0.5) is 16.4 Å². The highest BCUT2D eigenvalue weighted by molar-refractivity contribution is 5.81. The summed E-state index contributed by atoms with van der Waals surface area (Å²) in [6.07, 6.45) is -1.50. The zero-order chi connectivity index (χ0) is 17.4. The molecule has 0 radical (unpaired) electrons. The largest absolute Gasteiger partial charge is 0.465 e. The second-order valence-electron chi connectivity index (χ2n) is 5.84. The molecular formula is C14H17N5O5. The Morgan fingerprint density at radius 2 is 2.21 bits per heavy atom. The minimum atomic E-state index is -1.14. The summed E-state index contributed by atoms with van der Waals surface area (Å²) in [4.78, 5) is 27.4. The van der Waals surface area contributed by atoms with Crippen molar-refractivity contribution in [2.45, 2.75) is 18.6 Å². The number of fused-ring (bicyclic) bond motifs is 1. The van der Waals surface area contributed by atoms with Gasteiger partial charge in [-0.1, -0.05) is 0 Å². The molecule has 3 N–H and O–H groups in total. The van der Waals surface area contributed by atoms with Gasteiger partial charge in [-0.3, -0.25) is 10.1 Å². The summed E-state index contributed by atoms with van der Waals surface area (Å²) in [6.45, 7) is 0.680. The fourth-order valence-corrected chi connectivity index (χ4v) is 3.09.